The molecule has 5 heteroatoms. The fourth-order valence-electron chi connectivity index (χ4n) is 3.50. The van der Waals surface area contributed by atoms with Crippen molar-refractivity contribution < 1.29 is 24.2 Å². The molecule has 132 valence electrons. The molecule has 5 nitrogen and oxygen atoms in total. The van der Waals surface area contributed by atoms with Crippen LogP contribution in [0.25, 0.3) is 21.9 Å². The fourth-order valence-corrected chi connectivity index (χ4v) is 3.50. The average Bonchev–Trinajstić information content (AvgIpc) is 2.92. The Hall–Kier alpha value is -2.69. The van der Waals surface area contributed by atoms with Crippen molar-refractivity contribution in [1.82, 2.24) is 0 Å². The van der Waals surface area contributed by atoms with Gasteiger partial charge in [0.25, 0.3) is 0 Å². The molecule has 3 rings (SSSR count). The Morgan fingerprint density at radius 1 is 1.08 bits per heavy atom. The minimum atomic E-state index is -1.12. The van der Waals surface area contributed by atoms with Crippen LogP contribution in [0.3, 0.4) is 0 Å². The number of furan rings is 1. The summed E-state index contributed by atoms with van der Waals surface area (Å²) in [6.07, 6.45) is 3.10. The molecule has 0 bridgehead atoms. The zero-order valence-electron chi connectivity index (χ0n) is 14.7. The molecule has 0 fully saturated rings. The molecule has 0 atom stereocenters. The van der Waals surface area contributed by atoms with Gasteiger partial charge in [0.1, 0.15) is 28.2 Å². The molecule has 2 N–H and O–H groups in total. The van der Waals surface area contributed by atoms with Crippen molar-refractivity contribution in [2.45, 2.75) is 39.5 Å². The summed E-state index contributed by atoms with van der Waals surface area (Å²) in [6, 6.07) is 5.19. The van der Waals surface area contributed by atoms with Crippen molar-refractivity contribution in [2.75, 3.05) is 7.11 Å². The third kappa shape index (κ3) is 2.80. The van der Waals surface area contributed by atoms with Crippen molar-refractivity contribution in [3.05, 3.63) is 34.9 Å². The van der Waals surface area contributed by atoms with Gasteiger partial charge in [-0.3, -0.25) is 0 Å². The van der Waals surface area contributed by atoms with Gasteiger partial charge in [-0.2, -0.15) is 0 Å². The lowest BCUT2D eigenvalue weighted by atomic mass is 9.93. The second-order valence-corrected chi connectivity index (χ2v) is 6.19. The van der Waals surface area contributed by atoms with E-state index in [0.717, 1.165) is 35.6 Å². The van der Waals surface area contributed by atoms with E-state index in [2.05, 4.69) is 6.92 Å². The second-order valence-electron chi connectivity index (χ2n) is 6.19. The third-order valence-electron chi connectivity index (χ3n) is 4.47. The van der Waals surface area contributed by atoms with E-state index >= 15 is 0 Å². The maximum atomic E-state index is 11.7. The molecule has 0 aliphatic carbocycles. The average molecular weight is 342 g/mol. The number of aryl methyl sites for hydroxylation is 2. The summed E-state index contributed by atoms with van der Waals surface area (Å²) < 4.78 is 11.3. The molecule has 0 unspecified atom stereocenters. The largest absolute Gasteiger partial charge is 0.507 e. The first kappa shape index (κ1) is 17.1. The molecule has 0 amide bonds. The Balaban J connectivity index is 2.50. The summed E-state index contributed by atoms with van der Waals surface area (Å²) in [6.45, 7) is 4.08. The lowest BCUT2D eigenvalue weighted by molar-refractivity contribution is 0.0692. The van der Waals surface area contributed by atoms with Crippen LogP contribution >= 0.6 is 0 Å². The van der Waals surface area contributed by atoms with Crippen molar-refractivity contribution in [3.63, 3.8) is 0 Å². The Morgan fingerprint density at radius 2 is 1.76 bits per heavy atom. The number of fused-ring (bicyclic) bond motifs is 3. The van der Waals surface area contributed by atoms with E-state index in [-0.39, 0.29) is 11.3 Å². The minimum Gasteiger partial charge on any atom is -0.507 e. The Labute approximate surface area is 145 Å². The standard InChI is InChI=1S/C20H22O5/c1-4-6-11-8-12(24-3)9-15-17(11)19-13(7-5-2)18(20(22)23)14(21)10-16(19)25-15/h8-10,21H,4-7H2,1-3H3,(H,22,23). The van der Waals surface area contributed by atoms with Gasteiger partial charge < -0.3 is 19.4 Å². The number of aromatic hydroxyl groups is 1. The van der Waals surface area contributed by atoms with Gasteiger partial charge >= 0.3 is 5.97 Å². The van der Waals surface area contributed by atoms with Crippen LogP contribution in [0.4, 0.5) is 0 Å². The number of benzene rings is 2. The molecule has 25 heavy (non-hydrogen) atoms. The van der Waals surface area contributed by atoms with E-state index in [0.29, 0.717) is 28.9 Å². The van der Waals surface area contributed by atoms with Crippen molar-refractivity contribution in [1.29, 1.82) is 0 Å². The number of carboxylic acid groups (broad SMARTS) is 1. The number of methoxy groups -OCH3 is 1. The van der Waals surface area contributed by atoms with Crippen LogP contribution in [-0.2, 0) is 12.8 Å². The van der Waals surface area contributed by atoms with Crippen LogP contribution in [0.2, 0.25) is 0 Å². The molecule has 3 aromatic rings. The van der Waals surface area contributed by atoms with Gasteiger partial charge in [-0.1, -0.05) is 26.7 Å². The number of carboxylic acids is 1. The number of hydrogen-bond acceptors (Lipinski definition) is 4. The molecular weight excluding hydrogens is 320 g/mol. The quantitative estimate of drug-likeness (QED) is 0.666. The first-order valence-electron chi connectivity index (χ1n) is 8.53. The van der Waals surface area contributed by atoms with E-state index in [4.69, 9.17) is 9.15 Å². The van der Waals surface area contributed by atoms with Gasteiger partial charge in [0.15, 0.2) is 0 Å². The number of aromatic carboxylic acids is 1. The summed E-state index contributed by atoms with van der Waals surface area (Å²) in [5.74, 6) is -0.677. The molecule has 1 heterocycles. The van der Waals surface area contributed by atoms with E-state index < -0.39 is 5.97 Å². The first-order chi connectivity index (χ1) is 12.0. The van der Waals surface area contributed by atoms with Crippen LogP contribution in [0.1, 0.15) is 48.2 Å². The van der Waals surface area contributed by atoms with Gasteiger partial charge in [-0.25, -0.2) is 4.79 Å². The normalized spacial score (nSPS) is 11.3. The second kappa shape index (κ2) is 6.67. The van der Waals surface area contributed by atoms with Crippen LogP contribution < -0.4 is 4.74 Å². The summed E-state index contributed by atoms with van der Waals surface area (Å²) in [4.78, 5) is 11.7. The molecule has 0 spiro atoms. The van der Waals surface area contributed by atoms with E-state index in [1.807, 2.05) is 19.1 Å². The number of ether oxygens (including phenoxy) is 1. The van der Waals surface area contributed by atoms with Gasteiger partial charge in [0.2, 0.25) is 0 Å². The molecule has 0 radical (unpaired) electrons. The van der Waals surface area contributed by atoms with Gasteiger partial charge in [-0.15, -0.1) is 0 Å². The van der Waals surface area contributed by atoms with Crippen molar-refractivity contribution in [3.8, 4) is 11.5 Å². The SMILES string of the molecule is CCCc1cc(OC)cc2oc3cc(O)c(C(=O)O)c(CCC)c3c12. The highest BCUT2D eigenvalue weighted by Gasteiger charge is 2.24. The van der Waals surface area contributed by atoms with E-state index in [1.165, 1.54) is 6.07 Å². The van der Waals surface area contributed by atoms with Crippen LogP contribution in [-0.4, -0.2) is 23.3 Å². The molecule has 0 saturated carbocycles. The Bertz CT molecular complexity index is 952. The molecule has 0 aliphatic heterocycles. The predicted octanol–water partition coefficient (Wildman–Crippen LogP) is 4.90. The summed E-state index contributed by atoms with van der Waals surface area (Å²) in [5, 5.41) is 21.5. The molecule has 0 saturated heterocycles. The first-order valence-corrected chi connectivity index (χ1v) is 8.53. The van der Waals surface area contributed by atoms with Crippen molar-refractivity contribution >= 4 is 27.9 Å². The lowest BCUT2D eigenvalue weighted by Gasteiger charge is -2.10. The van der Waals surface area contributed by atoms with Crippen LogP contribution in [0.5, 0.6) is 11.5 Å². The summed E-state index contributed by atoms with van der Waals surface area (Å²) in [5.41, 5.74) is 2.82. The maximum Gasteiger partial charge on any atom is 0.339 e. The van der Waals surface area contributed by atoms with Crippen molar-refractivity contribution in [2.24, 2.45) is 0 Å². The third-order valence-corrected chi connectivity index (χ3v) is 4.47. The van der Waals surface area contributed by atoms with Gasteiger partial charge in [-0.05, 0) is 30.0 Å². The minimum absolute atomic E-state index is 0.0321. The van der Waals surface area contributed by atoms with E-state index in [1.54, 1.807) is 7.11 Å². The Kier molecular flexibility index (Phi) is 4.57. The zero-order valence-corrected chi connectivity index (χ0v) is 14.7. The summed E-state index contributed by atoms with van der Waals surface area (Å²) >= 11 is 0. The van der Waals surface area contributed by atoms with E-state index in [9.17, 15) is 15.0 Å². The summed E-state index contributed by atoms with van der Waals surface area (Å²) in [7, 11) is 1.61. The molecule has 2 aromatic carbocycles. The predicted molar refractivity (Wildman–Crippen MR) is 96.9 cm³/mol. The fraction of sp³-hybridized carbons (Fsp3) is 0.350. The van der Waals surface area contributed by atoms with Gasteiger partial charge in [0, 0.05) is 22.9 Å². The zero-order chi connectivity index (χ0) is 18.1. The number of hydrogen-bond donors (Lipinski definition) is 2. The van der Waals surface area contributed by atoms with Crippen LogP contribution in [0, 0.1) is 0 Å². The number of phenols is 1. The highest BCUT2D eigenvalue weighted by molar-refractivity contribution is 6.12. The monoisotopic (exact) mass is 342 g/mol. The molecule has 1 aromatic heterocycles. The smallest absolute Gasteiger partial charge is 0.339 e. The molecular formula is C20H22O5. The highest BCUT2D eigenvalue weighted by atomic mass is 16.5. The maximum absolute atomic E-state index is 11.7. The lowest BCUT2D eigenvalue weighted by Crippen LogP contribution is -2.04. The highest BCUT2D eigenvalue weighted by Crippen LogP contribution is 2.41. The number of rotatable bonds is 6. The van der Waals surface area contributed by atoms with Crippen LogP contribution in [0.15, 0.2) is 22.6 Å². The topological polar surface area (TPSA) is 79.9 Å². The Morgan fingerprint density at radius 3 is 2.36 bits per heavy atom. The van der Waals surface area contributed by atoms with Gasteiger partial charge in [0.05, 0.1) is 7.11 Å². The number of carbonyl (C=O) groups is 1. The molecule has 0 aliphatic rings.